The van der Waals surface area contributed by atoms with Crippen molar-refractivity contribution < 1.29 is 24.0 Å². The topological polar surface area (TPSA) is 198 Å². The number of nitrogen functional groups attached to an aromatic ring is 1. The maximum absolute atomic E-state index is 13.4. The van der Waals surface area contributed by atoms with Crippen LogP contribution in [0.1, 0.15) is 70.2 Å². The molecule has 1 saturated heterocycles. The van der Waals surface area contributed by atoms with Crippen molar-refractivity contribution in [1.29, 1.82) is 0 Å². The molecule has 0 radical (unpaired) electrons. The van der Waals surface area contributed by atoms with Crippen molar-refractivity contribution in [3.05, 3.63) is 113 Å². The van der Waals surface area contributed by atoms with Gasteiger partial charge in [0.1, 0.15) is 23.4 Å². The second-order valence-corrected chi connectivity index (χ2v) is 15.0. The van der Waals surface area contributed by atoms with Crippen LogP contribution in [0.4, 0.5) is 5.82 Å². The van der Waals surface area contributed by atoms with E-state index in [-0.39, 0.29) is 55.2 Å². The second-order valence-electron chi connectivity index (χ2n) is 15.0. The van der Waals surface area contributed by atoms with Gasteiger partial charge in [-0.25, -0.2) is 9.97 Å². The Kier molecular flexibility index (Phi) is 9.42. The van der Waals surface area contributed by atoms with Crippen LogP contribution < -0.4 is 16.4 Å². The zero-order valence-corrected chi connectivity index (χ0v) is 32.5. The van der Waals surface area contributed by atoms with Crippen LogP contribution in [0.5, 0.6) is 0 Å². The van der Waals surface area contributed by atoms with Gasteiger partial charge in [0.15, 0.2) is 0 Å². The highest BCUT2D eigenvalue weighted by atomic mass is 16.2. The molecule has 3 aliphatic rings. The molecule has 296 valence electrons. The van der Waals surface area contributed by atoms with E-state index in [1.165, 1.54) is 4.90 Å². The van der Waals surface area contributed by atoms with Crippen molar-refractivity contribution in [2.45, 2.75) is 65.3 Å². The first kappa shape index (κ1) is 37.3. The zero-order valence-electron chi connectivity index (χ0n) is 32.5. The number of hydrogen-bond acceptors (Lipinski definition) is 10. The van der Waals surface area contributed by atoms with Gasteiger partial charge in [-0.15, -0.1) is 0 Å². The monoisotopic (exact) mass is 788 g/mol. The van der Waals surface area contributed by atoms with Crippen LogP contribution in [0.2, 0.25) is 0 Å². The van der Waals surface area contributed by atoms with E-state index in [1.807, 2.05) is 53.6 Å². The van der Waals surface area contributed by atoms with Gasteiger partial charge in [-0.05, 0) is 53.3 Å². The molecule has 1 atom stereocenters. The number of carbonyl (C=O) groups is 5. The lowest BCUT2D eigenvalue weighted by atomic mass is 9.97. The number of aryl methyl sites for hydroxylation is 1. The molecule has 7 heterocycles. The fourth-order valence-corrected chi connectivity index (χ4v) is 8.34. The number of hydrogen-bond donors (Lipinski definition) is 3. The lowest BCUT2D eigenvalue weighted by Crippen LogP contribution is -2.52. The molecule has 4 N–H and O–H groups in total. The normalized spacial score (nSPS) is 16.2. The molecule has 59 heavy (non-hydrogen) atoms. The lowest BCUT2D eigenvalue weighted by molar-refractivity contribution is -0.137. The third kappa shape index (κ3) is 6.73. The van der Waals surface area contributed by atoms with Crippen LogP contribution in [0.15, 0.2) is 79.3 Å². The predicted molar refractivity (Wildman–Crippen MR) is 218 cm³/mol. The molecule has 9 rings (SSSR count). The fourth-order valence-electron chi connectivity index (χ4n) is 8.34. The number of fused-ring (bicyclic) bond motifs is 3. The van der Waals surface area contributed by atoms with E-state index in [2.05, 4.69) is 32.1 Å². The van der Waals surface area contributed by atoms with Gasteiger partial charge in [-0.1, -0.05) is 37.3 Å². The minimum Gasteiger partial charge on any atom is -0.383 e. The highest BCUT2D eigenvalue weighted by Gasteiger charge is 2.40. The highest BCUT2D eigenvalue weighted by molar-refractivity contribution is 6.06. The summed E-state index contributed by atoms with van der Waals surface area (Å²) in [6, 6.07) is 18.0. The molecule has 0 spiro atoms. The fraction of sp³-hybridized carbons (Fsp3) is 0.250. The molecule has 6 aromatic rings. The molecule has 1 unspecified atom stereocenters. The summed E-state index contributed by atoms with van der Waals surface area (Å²) in [6.45, 7) is 5.86. The van der Waals surface area contributed by atoms with Gasteiger partial charge in [0.2, 0.25) is 17.7 Å². The SMILES string of the molecule is CCc1nc(-c2cccc3cc(-c4ccc(C(=O)NCc5cc(-c6cccc7c6CN(C6CCC(=O)NC6=O)C7=O)cnc5N)nc4)ncc23)c2n1CCN(C(C)=O)C2. The average Bonchev–Trinajstić information content (AvgIpc) is 3.79. The summed E-state index contributed by atoms with van der Waals surface area (Å²) in [7, 11) is 0. The summed E-state index contributed by atoms with van der Waals surface area (Å²) in [6.07, 6.45) is 6.30. The van der Waals surface area contributed by atoms with Crippen molar-refractivity contribution in [1.82, 2.24) is 44.9 Å². The Balaban J connectivity index is 0.901. The molecule has 3 aliphatic heterocycles. The zero-order chi connectivity index (χ0) is 40.9. The van der Waals surface area contributed by atoms with Crippen molar-refractivity contribution in [2.24, 2.45) is 0 Å². The van der Waals surface area contributed by atoms with Crippen molar-refractivity contribution in [2.75, 3.05) is 12.3 Å². The quantitative estimate of drug-likeness (QED) is 0.186. The maximum Gasteiger partial charge on any atom is 0.270 e. The van der Waals surface area contributed by atoms with Crippen molar-refractivity contribution in [3.8, 4) is 33.6 Å². The van der Waals surface area contributed by atoms with E-state index in [1.54, 1.807) is 37.5 Å². The molecule has 1 fully saturated rings. The summed E-state index contributed by atoms with van der Waals surface area (Å²) in [5.74, 6) is -0.195. The molecule has 0 saturated carbocycles. The number of nitrogens with two attached hydrogens (primary N) is 1. The molecule has 0 aliphatic carbocycles. The number of rotatable bonds is 8. The van der Waals surface area contributed by atoms with Crippen molar-refractivity contribution >= 4 is 46.1 Å². The molecule has 15 heteroatoms. The largest absolute Gasteiger partial charge is 0.383 e. The van der Waals surface area contributed by atoms with Crippen LogP contribution in [-0.2, 0) is 47.0 Å². The van der Waals surface area contributed by atoms with E-state index >= 15 is 0 Å². The van der Waals surface area contributed by atoms with Gasteiger partial charge in [0, 0.05) is 97.7 Å². The number of nitrogens with one attached hydrogen (secondary N) is 2. The third-order valence-corrected chi connectivity index (χ3v) is 11.5. The Morgan fingerprint density at radius 3 is 2.47 bits per heavy atom. The number of carbonyl (C=O) groups excluding carboxylic acids is 5. The first-order valence-electron chi connectivity index (χ1n) is 19.6. The first-order chi connectivity index (χ1) is 28.6. The van der Waals surface area contributed by atoms with E-state index < -0.39 is 17.9 Å². The minimum atomic E-state index is -0.730. The Morgan fingerprint density at radius 2 is 1.69 bits per heavy atom. The highest BCUT2D eigenvalue weighted by Crippen LogP contribution is 2.37. The second kappa shape index (κ2) is 14.9. The van der Waals surface area contributed by atoms with Gasteiger partial charge in [-0.2, -0.15) is 0 Å². The number of pyridine rings is 3. The van der Waals surface area contributed by atoms with Gasteiger partial charge in [0.25, 0.3) is 11.8 Å². The summed E-state index contributed by atoms with van der Waals surface area (Å²) in [4.78, 5) is 85.3. The number of piperidine rings is 1. The lowest BCUT2D eigenvalue weighted by Gasteiger charge is -2.29. The van der Waals surface area contributed by atoms with Crippen LogP contribution >= 0.6 is 0 Å². The number of nitrogens with zero attached hydrogens (tertiary/aromatic N) is 7. The summed E-state index contributed by atoms with van der Waals surface area (Å²) in [5.41, 5.74) is 14.0. The molecular weight excluding hydrogens is 749 g/mol. The predicted octanol–water partition coefficient (Wildman–Crippen LogP) is 4.42. The number of imidazole rings is 1. The Hall–Kier alpha value is -7.29. The van der Waals surface area contributed by atoms with E-state index in [0.717, 1.165) is 56.7 Å². The average molecular weight is 789 g/mol. The third-order valence-electron chi connectivity index (χ3n) is 11.5. The number of aromatic nitrogens is 5. The maximum atomic E-state index is 13.4. The molecule has 15 nitrogen and oxygen atoms in total. The van der Waals surface area contributed by atoms with Gasteiger partial charge in [0.05, 0.1) is 23.6 Å². The Labute approximate surface area is 338 Å². The van der Waals surface area contributed by atoms with Crippen molar-refractivity contribution in [3.63, 3.8) is 0 Å². The van der Waals surface area contributed by atoms with E-state index in [0.29, 0.717) is 42.0 Å². The van der Waals surface area contributed by atoms with Crippen LogP contribution in [-0.4, -0.2) is 76.4 Å². The number of imide groups is 1. The first-order valence-corrected chi connectivity index (χ1v) is 19.6. The van der Waals surface area contributed by atoms with Crippen LogP contribution in [0.3, 0.4) is 0 Å². The van der Waals surface area contributed by atoms with Gasteiger partial charge in [-0.3, -0.25) is 39.3 Å². The van der Waals surface area contributed by atoms with Gasteiger partial charge >= 0.3 is 0 Å². The number of amides is 5. The Bertz CT molecular complexity index is 2740. The van der Waals surface area contributed by atoms with Crippen LogP contribution in [0.25, 0.3) is 44.4 Å². The molecule has 0 bridgehead atoms. The van der Waals surface area contributed by atoms with Gasteiger partial charge < -0.3 is 25.4 Å². The smallest absolute Gasteiger partial charge is 0.270 e. The summed E-state index contributed by atoms with van der Waals surface area (Å²) < 4.78 is 2.24. The summed E-state index contributed by atoms with van der Waals surface area (Å²) >= 11 is 0. The Morgan fingerprint density at radius 1 is 0.898 bits per heavy atom. The molecular formula is C44H40N10O5. The van der Waals surface area contributed by atoms with Crippen LogP contribution in [0, 0.1) is 0 Å². The minimum absolute atomic E-state index is 0.0467. The number of benzene rings is 2. The molecule has 4 aromatic heterocycles. The standard InChI is InChI=1S/C44H40N10O5/c1-3-38-50-40(37-23-52(24(2)55)14-15-53(37)38)30-8-4-6-25-17-35(47-21-32(25)30)26-10-11-34(46-18-26)42(57)49-20-28-16-27(19-48-41(28)45)29-7-5-9-31-33(29)22-54(44(31)59)36-12-13-39(56)51-43(36)58/h4-11,16-19,21,36H,3,12-15,20,22-23H2,1-2H3,(H2,45,48)(H,49,57)(H,51,56,58). The van der Waals surface area contributed by atoms with E-state index in [4.69, 9.17) is 15.7 Å². The summed E-state index contributed by atoms with van der Waals surface area (Å²) in [5, 5.41) is 7.15. The number of anilines is 1. The molecule has 2 aromatic carbocycles. The molecule has 5 amide bonds. The van der Waals surface area contributed by atoms with E-state index in [9.17, 15) is 24.0 Å².